The summed E-state index contributed by atoms with van der Waals surface area (Å²) in [5, 5.41) is 0.451. The predicted molar refractivity (Wildman–Crippen MR) is 44.5 cm³/mol. The summed E-state index contributed by atoms with van der Waals surface area (Å²) in [6.07, 6.45) is 2.06. The quantitative estimate of drug-likeness (QED) is 0.484. The fraction of sp³-hybridized carbons (Fsp3) is 0.857. The number of hydrogen-bond acceptors (Lipinski definition) is 2. The van der Waals surface area contributed by atoms with E-state index in [1.54, 1.807) is 0 Å². The molecule has 1 aliphatic heterocycles. The molecule has 1 heterocycles. The van der Waals surface area contributed by atoms with Crippen LogP contribution in [0.2, 0.25) is 0 Å². The minimum Gasteiger partial charge on any atom is -0.381 e. The monoisotopic (exact) mass is 208 g/mol. The molecule has 0 aliphatic carbocycles. The highest BCUT2D eigenvalue weighted by Gasteiger charge is 2.07. The molecule has 10 heavy (non-hydrogen) atoms. The molecule has 60 valence electrons. The number of alkyl halides is 1. The second kappa shape index (κ2) is 7.22. The Morgan fingerprint density at radius 3 is 2.50 bits per heavy atom. The van der Waals surface area contributed by atoms with Gasteiger partial charge in [0.1, 0.15) is 6.29 Å². The SMILES string of the molecule is CC1CCOC1.O=CCBr. The van der Waals surface area contributed by atoms with Gasteiger partial charge in [-0.05, 0) is 12.3 Å². The summed E-state index contributed by atoms with van der Waals surface area (Å²) >= 11 is 2.88. The highest BCUT2D eigenvalue weighted by molar-refractivity contribution is 9.09. The van der Waals surface area contributed by atoms with Crippen molar-refractivity contribution in [3.63, 3.8) is 0 Å². The minimum absolute atomic E-state index is 0.451. The molecule has 0 saturated carbocycles. The van der Waals surface area contributed by atoms with E-state index in [1.807, 2.05) is 0 Å². The lowest BCUT2D eigenvalue weighted by atomic mass is 10.2. The van der Waals surface area contributed by atoms with E-state index in [0.29, 0.717) is 5.33 Å². The minimum atomic E-state index is 0.451. The Kier molecular flexibility index (Phi) is 7.30. The van der Waals surface area contributed by atoms with Crippen LogP contribution in [0.4, 0.5) is 0 Å². The molecule has 2 nitrogen and oxygen atoms in total. The van der Waals surface area contributed by atoms with Gasteiger partial charge in [0.05, 0.1) is 5.33 Å². The molecule has 1 fully saturated rings. The maximum Gasteiger partial charge on any atom is 0.130 e. The van der Waals surface area contributed by atoms with Crippen molar-refractivity contribution in [1.82, 2.24) is 0 Å². The van der Waals surface area contributed by atoms with Gasteiger partial charge in [-0.1, -0.05) is 22.9 Å². The first-order chi connectivity index (χ1) is 4.81. The second-order valence-electron chi connectivity index (χ2n) is 2.29. The molecule has 3 heteroatoms. The van der Waals surface area contributed by atoms with Gasteiger partial charge in [0.15, 0.2) is 0 Å². The van der Waals surface area contributed by atoms with Gasteiger partial charge in [-0.3, -0.25) is 0 Å². The topological polar surface area (TPSA) is 26.3 Å². The van der Waals surface area contributed by atoms with E-state index < -0.39 is 0 Å². The summed E-state index contributed by atoms with van der Waals surface area (Å²) in [6.45, 7) is 4.19. The standard InChI is InChI=1S/C5H10O.C2H3BrO/c1-5-2-3-6-4-5;3-1-2-4/h5H,2-4H2,1H3;2H,1H2. The van der Waals surface area contributed by atoms with Crippen LogP contribution in [0.1, 0.15) is 13.3 Å². The van der Waals surface area contributed by atoms with Gasteiger partial charge in [0.2, 0.25) is 0 Å². The number of aldehydes is 1. The Labute approximate surface area is 70.1 Å². The molecular weight excluding hydrogens is 196 g/mol. The Hall–Kier alpha value is 0.110. The lowest BCUT2D eigenvalue weighted by Crippen LogP contribution is -1.88. The van der Waals surface area contributed by atoms with Crippen LogP contribution in [0.15, 0.2) is 0 Å². The lowest BCUT2D eigenvalue weighted by Gasteiger charge is -1.89. The van der Waals surface area contributed by atoms with E-state index in [2.05, 4.69) is 22.9 Å². The van der Waals surface area contributed by atoms with Crippen molar-refractivity contribution in [1.29, 1.82) is 0 Å². The van der Waals surface area contributed by atoms with Gasteiger partial charge in [-0.2, -0.15) is 0 Å². The molecule has 1 rings (SSSR count). The van der Waals surface area contributed by atoms with Crippen molar-refractivity contribution >= 4 is 22.2 Å². The van der Waals surface area contributed by atoms with Crippen molar-refractivity contribution in [3.8, 4) is 0 Å². The number of halogens is 1. The summed E-state index contributed by atoms with van der Waals surface area (Å²) in [5.41, 5.74) is 0. The van der Waals surface area contributed by atoms with Crippen molar-refractivity contribution in [2.24, 2.45) is 5.92 Å². The third kappa shape index (κ3) is 6.23. The third-order valence-corrected chi connectivity index (χ3v) is 1.48. The first-order valence-electron chi connectivity index (χ1n) is 3.38. The van der Waals surface area contributed by atoms with Crippen LogP contribution in [0.5, 0.6) is 0 Å². The van der Waals surface area contributed by atoms with E-state index in [4.69, 9.17) is 9.53 Å². The van der Waals surface area contributed by atoms with E-state index in [-0.39, 0.29) is 0 Å². The molecule has 0 aromatic rings. The molecule has 0 aromatic heterocycles. The van der Waals surface area contributed by atoms with Crippen LogP contribution in [0.3, 0.4) is 0 Å². The fourth-order valence-corrected chi connectivity index (χ4v) is 0.652. The Balaban J connectivity index is 0.000000180. The van der Waals surface area contributed by atoms with Crippen LogP contribution < -0.4 is 0 Å². The van der Waals surface area contributed by atoms with Crippen LogP contribution in [0.25, 0.3) is 0 Å². The molecule has 0 N–H and O–H groups in total. The number of ether oxygens (including phenoxy) is 1. The molecule has 1 saturated heterocycles. The molecule has 0 radical (unpaired) electrons. The first-order valence-corrected chi connectivity index (χ1v) is 4.50. The summed E-state index contributed by atoms with van der Waals surface area (Å²) in [7, 11) is 0. The van der Waals surface area contributed by atoms with Crippen molar-refractivity contribution in [3.05, 3.63) is 0 Å². The molecule has 1 atom stereocenters. The average molecular weight is 209 g/mol. The second-order valence-corrected chi connectivity index (χ2v) is 2.94. The van der Waals surface area contributed by atoms with Crippen LogP contribution in [-0.4, -0.2) is 24.8 Å². The Bertz CT molecular complexity index is 79.7. The Morgan fingerprint density at radius 1 is 1.80 bits per heavy atom. The maximum atomic E-state index is 9.13. The number of carbonyl (C=O) groups is 1. The van der Waals surface area contributed by atoms with Gasteiger partial charge in [0, 0.05) is 13.2 Å². The normalized spacial score (nSPS) is 23.2. The first kappa shape index (κ1) is 10.1. The molecule has 0 amide bonds. The van der Waals surface area contributed by atoms with Gasteiger partial charge in [-0.25, -0.2) is 0 Å². The molecular formula is C7H13BrO2. The highest BCUT2D eigenvalue weighted by Crippen LogP contribution is 2.09. The molecule has 0 aromatic carbocycles. The summed E-state index contributed by atoms with van der Waals surface area (Å²) in [6, 6.07) is 0. The van der Waals surface area contributed by atoms with Gasteiger partial charge >= 0.3 is 0 Å². The van der Waals surface area contributed by atoms with Gasteiger partial charge in [-0.15, -0.1) is 0 Å². The summed E-state index contributed by atoms with van der Waals surface area (Å²) in [5.74, 6) is 0.824. The van der Waals surface area contributed by atoms with Gasteiger partial charge < -0.3 is 9.53 Å². The zero-order chi connectivity index (χ0) is 7.82. The fourth-order valence-electron chi connectivity index (χ4n) is 0.652. The zero-order valence-electron chi connectivity index (χ0n) is 6.18. The molecule has 0 bridgehead atoms. The molecule has 0 spiro atoms. The summed E-state index contributed by atoms with van der Waals surface area (Å²) < 4.78 is 5.06. The van der Waals surface area contributed by atoms with Crippen molar-refractivity contribution < 1.29 is 9.53 Å². The van der Waals surface area contributed by atoms with Crippen molar-refractivity contribution in [2.75, 3.05) is 18.5 Å². The van der Waals surface area contributed by atoms with E-state index in [9.17, 15) is 0 Å². The van der Waals surface area contributed by atoms with Crippen LogP contribution in [0, 0.1) is 5.92 Å². The zero-order valence-corrected chi connectivity index (χ0v) is 7.76. The smallest absolute Gasteiger partial charge is 0.130 e. The predicted octanol–water partition coefficient (Wildman–Crippen LogP) is 1.62. The average Bonchev–Trinajstić information content (AvgIpc) is 2.40. The number of hydrogen-bond donors (Lipinski definition) is 0. The number of carbonyl (C=O) groups excluding carboxylic acids is 1. The molecule has 1 aliphatic rings. The van der Waals surface area contributed by atoms with Crippen molar-refractivity contribution in [2.45, 2.75) is 13.3 Å². The Morgan fingerprint density at radius 2 is 2.40 bits per heavy atom. The van der Waals surface area contributed by atoms with E-state index in [0.717, 1.165) is 25.4 Å². The highest BCUT2D eigenvalue weighted by atomic mass is 79.9. The van der Waals surface area contributed by atoms with E-state index in [1.165, 1.54) is 6.42 Å². The maximum absolute atomic E-state index is 9.13. The lowest BCUT2D eigenvalue weighted by molar-refractivity contribution is -0.105. The summed E-state index contributed by atoms with van der Waals surface area (Å²) in [4.78, 5) is 9.13. The largest absolute Gasteiger partial charge is 0.381 e. The van der Waals surface area contributed by atoms with Crippen LogP contribution >= 0.6 is 15.9 Å². The van der Waals surface area contributed by atoms with Crippen LogP contribution in [-0.2, 0) is 9.53 Å². The molecule has 1 unspecified atom stereocenters. The number of rotatable bonds is 1. The van der Waals surface area contributed by atoms with Gasteiger partial charge in [0.25, 0.3) is 0 Å². The third-order valence-electron chi connectivity index (χ3n) is 1.22. The van der Waals surface area contributed by atoms with E-state index >= 15 is 0 Å².